The van der Waals surface area contributed by atoms with Gasteiger partial charge in [-0.05, 0) is 54.5 Å². The van der Waals surface area contributed by atoms with Crippen LogP contribution in [0.5, 0.6) is 0 Å². The third-order valence-corrected chi connectivity index (χ3v) is 4.53. The van der Waals surface area contributed by atoms with Gasteiger partial charge >= 0.3 is 12.0 Å². The number of amides is 2. The summed E-state index contributed by atoms with van der Waals surface area (Å²) in [6.45, 7) is 2.46. The number of aromatic carboxylic acids is 1. The molecule has 1 aromatic rings. The molecular formula is C14H18N2O3S. The topological polar surface area (TPSA) is 78.4 Å². The number of aryl methyl sites for hydroxylation is 1. The lowest BCUT2D eigenvalue weighted by atomic mass is 10.1. The van der Waals surface area contributed by atoms with E-state index in [0.29, 0.717) is 18.2 Å². The molecule has 1 fully saturated rings. The molecule has 5 nitrogen and oxygen atoms in total. The maximum Gasteiger partial charge on any atom is 0.335 e. The Bertz CT molecular complexity index is 513. The average molecular weight is 294 g/mol. The van der Waals surface area contributed by atoms with Gasteiger partial charge < -0.3 is 15.7 Å². The summed E-state index contributed by atoms with van der Waals surface area (Å²) in [5.41, 5.74) is 1.58. The number of carboxylic acids is 1. The molecule has 0 bridgehead atoms. The summed E-state index contributed by atoms with van der Waals surface area (Å²) >= 11 is 1.92. The van der Waals surface area contributed by atoms with E-state index >= 15 is 0 Å². The van der Waals surface area contributed by atoms with E-state index in [1.807, 2.05) is 11.8 Å². The molecule has 2 rings (SSSR count). The van der Waals surface area contributed by atoms with Crippen LogP contribution in [0, 0.1) is 12.8 Å². The Kier molecular flexibility index (Phi) is 4.89. The minimum atomic E-state index is -0.970. The minimum absolute atomic E-state index is 0.219. The summed E-state index contributed by atoms with van der Waals surface area (Å²) < 4.78 is 0. The Morgan fingerprint density at radius 3 is 2.85 bits per heavy atom. The van der Waals surface area contributed by atoms with Crippen molar-refractivity contribution in [1.29, 1.82) is 0 Å². The number of carbonyl (C=O) groups excluding carboxylic acids is 1. The zero-order chi connectivity index (χ0) is 14.5. The molecule has 20 heavy (non-hydrogen) atoms. The first-order valence-corrected chi connectivity index (χ1v) is 7.68. The van der Waals surface area contributed by atoms with Crippen molar-refractivity contribution < 1.29 is 14.7 Å². The highest BCUT2D eigenvalue weighted by Crippen LogP contribution is 2.22. The number of benzene rings is 1. The van der Waals surface area contributed by atoms with Crippen molar-refractivity contribution in [3.05, 3.63) is 29.3 Å². The van der Waals surface area contributed by atoms with Crippen molar-refractivity contribution in [3.8, 4) is 0 Å². The molecule has 1 heterocycles. The smallest absolute Gasteiger partial charge is 0.335 e. The third-order valence-electron chi connectivity index (χ3n) is 3.30. The van der Waals surface area contributed by atoms with E-state index in [1.54, 1.807) is 19.1 Å². The number of rotatable bonds is 4. The Labute approximate surface area is 122 Å². The molecule has 1 aliphatic rings. The Morgan fingerprint density at radius 1 is 1.45 bits per heavy atom. The molecule has 0 saturated carbocycles. The lowest BCUT2D eigenvalue weighted by molar-refractivity contribution is 0.0697. The SMILES string of the molecule is Cc1cc(C(=O)O)ccc1NC(=O)NCC1CCSC1. The molecule has 1 unspecified atom stereocenters. The largest absolute Gasteiger partial charge is 0.478 e. The quantitative estimate of drug-likeness (QED) is 0.797. The normalized spacial score (nSPS) is 17.8. The standard InChI is InChI=1S/C14H18N2O3S/c1-9-6-11(13(17)18)2-3-12(9)16-14(19)15-7-10-4-5-20-8-10/h2-3,6,10H,4-5,7-8H2,1H3,(H,17,18)(H2,15,16,19). The molecule has 1 aromatic carbocycles. The first kappa shape index (κ1) is 14.7. The van der Waals surface area contributed by atoms with E-state index < -0.39 is 5.97 Å². The van der Waals surface area contributed by atoms with Crippen LogP contribution in [-0.4, -0.2) is 35.2 Å². The molecule has 0 spiro atoms. The molecule has 0 radical (unpaired) electrons. The second-order valence-corrected chi connectivity index (χ2v) is 6.05. The molecule has 3 N–H and O–H groups in total. The average Bonchev–Trinajstić information content (AvgIpc) is 2.91. The number of urea groups is 1. The summed E-state index contributed by atoms with van der Waals surface area (Å²) in [4.78, 5) is 22.6. The van der Waals surface area contributed by atoms with Gasteiger partial charge in [-0.3, -0.25) is 0 Å². The lowest BCUT2D eigenvalue weighted by Gasteiger charge is -2.12. The van der Waals surface area contributed by atoms with E-state index in [4.69, 9.17) is 5.11 Å². The summed E-state index contributed by atoms with van der Waals surface area (Å²) in [6.07, 6.45) is 1.15. The number of anilines is 1. The number of thioether (sulfide) groups is 1. The van der Waals surface area contributed by atoms with Crippen LogP contribution < -0.4 is 10.6 Å². The summed E-state index contributed by atoms with van der Waals surface area (Å²) in [5, 5.41) is 14.5. The van der Waals surface area contributed by atoms with Gasteiger partial charge in [-0.25, -0.2) is 9.59 Å². The van der Waals surface area contributed by atoms with Crippen molar-refractivity contribution in [2.45, 2.75) is 13.3 Å². The van der Waals surface area contributed by atoms with Crippen LogP contribution in [0.25, 0.3) is 0 Å². The van der Waals surface area contributed by atoms with E-state index in [-0.39, 0.29) is 11.6 Å². The van der Waals surface area contributed by atoms with Crippen LogP contribution in [0.1, 0.15) is 22.3 Å². The summed E-state index contributed by atoms with van der Waals surface area (Å²) in [6, 6.07) is 4.40. The van der Waals surface area contributed by atoms with Gasteiger partial charge in [0, 0.05) is 12.2 Å². The van der Waals surface area contributed by atoms with Gasteiger partial charge in [0.15, 0.2) is 0 Å². The highest BCUT2D eigenvalue weighted by Gasteiger charge is 2.16. The third kappa shape index (κ3) is 3.90. The molecule has 108 valence electrons. The zero-order valence-electron chi connectivity index (χ0n) is 11.3. The molecule has 0 aromatic heterocycles. The Morgan fingerprint density at radius 2 is 2.25 bits per heavy atom. The van der Waals surface area contributed by atoms with Gasteiger partial charge in [-0.1, -0.05) is 0 Å². The van der Waals surface area contributed by atoms with Gasteiger partial charge in [-0.15, -0.1) is 0 Å². The highest BCUT2D eigenvalue weighted by molar-refractivity contribution is 7.99. The van der Waals surface area contributed by atoms with Gasteiger partial charge in [0.2, 0.25) is 0 Å². The predicted molar refractivity (Wildman–Crippen MR) is 80.6 cm³/mol. The molecule has 2 amide bonds. The van der Waals surface area contributed by atoms with E-state index in [1.165, 1.54) is 11.8 Å². The van der Waals surface area contributed by atoms with Crippen molar-refractivity contribution >= 4 is 29.4 Å². The fraction of sp³-hybridized carbons (Fsp3) is 0.429. The fourth-order valence-corrected chi connectivity index (χ4v) is 3.37. The minimum Gasteiger partial charge on any atom is -0.478 e. The van der Waals surface area contributed by atoms with Crippen LogP contribution in [0.4, 0.5) is 10.5 Å². The first-order valence-electron chi connectivity index (χ1n) is 6.53. The summed E-state index contributed by atoms with van der Waals surface area (Å²) in [7, 11) is 0. The van der Waals surface area contributed by atoms with E-state index in [0.717, 1.165) is 17.7 Å². The predicted octanol–water partition coefficient (Wildman–Crippen LogP) is 2.57. The van der Waals surface area contributed by atoms with Crippen molar-refractivity contribution in [3.63, 3.8) is 0 Å². The second-order valence-electron chi connectivity index (χ2n) is 4.90. The van der Waals surface area contributed by atoms with Crippen molar-refractivity contribution in [1.82, 2.24) is 5.32 Å². The monoisotopic (exact) mass is 294 g/mol. The fourth-order valence-electron chi connectivity index (χ4n) is 2.08. The van der Waals surface area contributed by atoms with Crippen LogP contribution in [-0.2, 0) is 0 Å². The number of nitrogens with one attached hydrogen (secondary N) is 2. The number of carboxylic acid groups (broad SMARTS) is 1. The maximum atomic E-state index is 11.8. The number of hydrogen-bond acceptors (Lipinski definition) is 3. The van der Waals surface area contributed by atoms with Crippen LogP contribution in [0.2, 0.25) is 0 Å². The number of hydrogen-bond donors (Lipinski definition) is 3. The molecule has 1 atom stereocenters. The van der Waals surface area contributed by atoms with Crippen molar-refractivity contribution in [2.24, 2.45) is 5.92 Å². The van der Waals surface area contributed by atoms with Crippen LogP contribution in [0.3, 0.4) is 0 Å². The molecule has 6 heteroatoms. The van der Waals surface area contributed by atoms with Crippen LogP contribution >= 0.6 is 11.8 Å². The molecule has 1 aliphatic heterocycles. The van der Waals surface area contributed by atoms with E-state index in [9.17, 15) is 9.59 Å². The second kappa shape index (κ2) is 6.65. The van der Waals surface area contributed by atoms with Gasteiger partial charge in [0.1, 0.15) is 0 Å². The summed E-state index contributed by atoms with van der Waals surface area (Å²) in [5.74, 6) is 1.86. The molecular weight excluding hydrogens is 276 g/mol. The maximum absolute atomic E-state index is 11.8. The van der Waals surface area contributed by atoms with Crippen molar-refractivity contribution in [2.75, 3.05) is 23.4 Å². The van der Waals surface area contributed by atoms with Gasteiger partial charge in [0.25, 0.3) is 0 Å². The van der Waals surface area contributed by atoms with E-state index in [2.05, 4.69) is 10.6 Å². The van der Waals surface area contributed by atoms with Crippen LogP contribution in [0.15, 0.2) is 18.2 Å². The molecule has 1 saturated heterocycles. The Balaban J connectivity index is 1.88. The van der Waals surface area contributed by atoms with Gasteiger partial charge in [-0.2, -0.15) is 11.8 Å². The Hall–Kier alpha value is -1.69. The lowest BCUT2D eigenvalue weighted by Crippen LogP contribution is -2.33. The highest BCUT2D eigenvalue weighted by atomic mass is 32.2. The van der Waals surface area contributed by atoms with Gasteiger partial charge in [0.05, 0.1) is 5.56 Å². The zero-order valence-corrected chi connectivity index (χ0v) is 12.1. The molecule has 0 aliphatic carbocycles. The first-order chi connectivity index (χ1) is 9.56. The number of carbonyl (C=O) groups is 2.